The van der Waals surface area contributed by atoms with Crippen molar-refractivity contribution in [2.75, 3.05) is 0 Å². The van der Waals surface area contributed by atoms with Crippen LogP contribution in [0.1, 0.15) is 16.7 Å². The smallest absolute Gasteiger partial charge is 0.458 e. The minimum absolute atomic E-state index is 0.0503. The molecule has 0 aromatic heterocycles. The van der Waals surface area contributed by atoms with Crippen LogP contribution in [-0.2, 0) is 16.1 Å². The summed E-state index contributed by atoms with van der Waals surface area (Å²) in [6.07, 6.45) is -2.20. The van der Waals surface area contributed by atoms with Crippen LogP contribution in [0.4, 0.5) is 13.2 Å². The van der Waals surface area contributed by atoms with E-state index < -0.39 is 12.3 Å². The van der Waals surface area contributed by atoms with Gasteiger partial charge in [0.2, 0.25) is 0 Å². The highest BCUT2D eigenvalue weighted by Crippen LogP contribution is 2.23. The fraction of sp³-hybridized carbons (Fsp3) is 0.111. The van der Waals surface area contributed by atoms with Crippen LogP contribution in [0.15, 0.2) is 54.6 Å². The van der Waals surface area contributed by atoms with E-state index in [4.69, 9.17) is 10.00 Å². The van der Waals surface area contributed by atoms with E-state index in [0.29, 0.717) is 16.7 Å². The summed E-state index contributed by atoms with van der Waals surface area (Å²) < 4.78 is 45.0. The number of esters is 1. The van der Waals surface area contributed by atoms with E-state index >= 15 is 0 Å². The third-order valence-electron chi connectivity index (χ3n) is 3.03. The molecule has 2 rings (SSSR count). The number of benzene rings is 2. The number of nitrogens with zero attached hydrogens (tertiary/aromatic N) is 1. The van der Waals surface area contributed by atoms with Gasteiger partial charge >= 0.3 is 12.3 Å². The van der Waals surface area contributed by atoms with Gasteiger partial charge in [-0.3, -0.25) is 0 Å². The average Bonchev–Trinajstić information content (AvgIpc) is 2.58. The summed E-state index contributed by atoms with van der Waals surface area (Å²) in [6, 6.07) is 13.7. The lowest BCUT2D eigenvalue weighted by molar-refractivity contribution is -0.274. The summed E-state index contributed by atoms with van der Waals surface area (Å²) in [6.45, 7) is -0.0503. The summed E-state index contributed by atoms with van der Waals surface area (Å²) in [4.78, 5) is 11.7. The average molecular weight is 347 g/mol. The number of carbonyl (C=O) groups excluding carboxylic acids is 1. The van der Waals surface area contributed by atoms with Crippen LogP contribution in [0.3, 0.4) is 0 Å². The van der Waals surface area contributed by atoms with E-state index in [0.717, 1.165) is 18.2 Å². The van der Waals surface area contributed by atoms with Gasteiger partial charge in [-0.05, 0) is 29.8 Å². The first-order valence-electron chi connectivity index (χ1n) is 7.06. The van der Waals surface area contributed by atoms with E-state index in [1.807, 2.05) is 6.07 Å². The van der Waals surface area contributed by atoms with Crippen LogP contribution < -0.4 is 4.74 Å². The number of ether oxygens (including phenoxy) is 2. The molecule has 2 aromatic rings. The Morgan fingerprint density at radius 2 is 1.80 bits per heavy atom. The Balaban J connectivity index is 1.91. The van der Waals surface area contributed by atoms with Crippen molar-refractivity contribution in [1.29, 1.82) is 5.26 Å². The first kappa shape index (κ1) is 18.1. The third-order valence-corrected chi connectivity index (χ3v) is 3.03. The number of nitriles is 1. The third kappa shape index (κ3) is 6.03. The SMILES string of the molecule is N#Cc1ccccc1COC(=O)/C=C/c1ccc(OC(F)(F)F)cc1. The summed E-state index contributed by atoms with van der Waals surface area (Å²) in [5.41, 5.74) is 1.50. The van der Waals surface area contributed by atoms with Crippen LogP contribution in [0.2, 0.25) is 0 Å². The summed E-state index contributed by atoms with van der Waals surface area (Å²) >= 11 is 0. The standard InChI is InChI=1S/C18H12F3NO3/c19-18(20,21)25-16-8-5-13(6-9-16)7-10-17(23)24-12-15-4-2-1-3-14(15)11-22/h1-10H,12H2/b10-7+. The molecule has 7 heteroatoms. The molecule has 25 heavy (non-hydrogen) atoms. The Morgan fingerprint density at radius 1 is 1.12 bits per heavy atom. The van der Waals surface area contributed by atoms with Crippen molar-refractivity contribution < 1.29 is 27.4 Å². The van der Waals surface area contributed by atoms with Crippen molar-refractivity contribution in [2.24, 2.45) is 0 Å². The molecule has 0 saturated carbocycles. The molecule has 0 saturated heterocycles. The van der Waals surface area contributed by atoms with Crippen molar-refractivity contribution in [3.05, 3.63) is 71.3 Å². The van der Waals surface area contributed by atoms with E-state index in [-0.39, 0.29) is 12.4 Å². The van der Waals surface area contributed by atoms with Gasteiger partial charge in [0.05, 0.1) is 11.6 Å². The zero-order valence-electron chi connectivity index (χ0n) is 12.8. The van der Waals surface area contributed by atoms with Gasteiger partial charge in [-0.15, -0.1) is 13.2 Å². The molecule has 0 spiro atoms. The van der Waals surface area contributed by atoms with Crippen molar-refractivity contribution >= 4 is 12.0 Å². The van der Waals surface area contributed by atoms with Crippen molar-refractivity contribution in [3.63, 3.8) is 0 Å². The van der Waals surface area contributed by atoms with Gasteiger partial charge in [0.25, 0.3) is 0 Å². The first-order chi connectivity index (χ1) is 11.9. The van der Waals surface area contributed by atoms with Gasteiger partial charge < -0.3 is 9.47 Å². The summed E-state index contributed by atoms with van der Waals surface area (Å²) in [5.74, 6) is -0.983. The lowest BCUT2D eigenvalue weighted by Gasteiger charge is -2.08. The number of carbonyl (C=O) groups is 1. The number of hydrogen-bond donors (Lipinski definition) is 0. The molecular weight excluding hydrogens is 335 g/mol. The Bertz CT molecular complexity index is 806. The van der Waals surface area contributed by atoms with Crippen LogP contribution in [0, 0.1) is 11.3 Å². The highest BCUT2D eigenvalue weighted by Gasteiger charge is 2.30. The Hall–Kier alpha value is -3.27. The lowest BCUT2D eigenvalue weighted by Crippen LogP contribution is -2.16. The largest absolute Gasteiger partial charge is 0.573 e. The van der Waals surface area contributed by atoms with Gasteiger partial charge in [0.1, 0.15) is 12.4 Å². The number of halogens is 3. The monoisotopic (exact) mass is 347 g/mol. The number of hydrogen-bond acceptors (Lipinski definition) is 4. The van der Waals surface area contributed by atoms with Gasteiger partial charge in [0.15, 0.2) is 0 Å². The number of alkyl halides is 3. The van der Waals surface area contributed by atoms with E-state index in [2.05, 4.69) is 4.74 Å². The van der Waals surface area contributed by atoms with Crippen molar-refractivity contribution in [1.82, 2.24) is 0 Å². The minimum Gasteiger partial charge on any atom is -0.458 e. The fourth-order valence-electron chi connectivity index (χ4n) is 1.90. The molecule has 0 aliphatic carbocycles. The predicted molar refractivity (Wildman–Crippen MR) is 83.1 cm³/mol. The molecule has 0 amide bonds. The molecule has 0 fully saturated rings. The van der Waals surface area contributed by atoms with Crippen LogP contribution in [-0.4, -0.2) is 12.3 Å². The van der Waals surface area contributed by atoms with Crippen LogP contribution in [0.25, 0.3) is 6.08 Å². The Morgan fingerprint density at radius 3 is 2.44 bits per heavy atom. The van der Waals surface area contributed by atoms with Crippen molar-refractivity contribution in [2.45, 2.75) is 13.0 Å². The fourth-order valence-corrected chi connectivity index (χ4v) is 1.90. The second kappa shape index (κ2) is 8.02. The highest BCUT2D eigenvalue weighted by molar-refractivity contribution is 5.87. The summed E-state index contributed by atoms with van der Waals surface area (Å²) in [5, 5.41) is 8.94. The van der Waals surface area contributed by atoms with Gasteiger partial charge in [-0.1, -0.05) is 30.3 Å². The van der Waals surface area contributed by atoms with Gasteiger partial charge in [-0.25, -0.2) is 4.79 Å². The molecule has 0 heterocycles. The quantitative estimate of drug-likeness (QED) is 0.600. The molecule has 0 aliphatic heterocycles. The lowest BCUT2D eigenvalue weighted by atomic mass is 10.1. The molecule has 2 aromatic carbocycles. The molecule has 0 bridgehead atoms. The zero-order valence-corrected chi connectivity index (χ0v) is 12.8. The van der Waals surface area contributed by atoms with Crippen LogP contribution in [0.5, 0.6) is 5.75 Å². The topological polar surface area (TPSA) is 59.3 Å². The van der Waals surface area contributed by atoms with E-state index in [1.165, 1.54) is 18.2 Å². The zero-order chi connectivity index (χ0) is 18.3. The molecule has 0 unspecified atom stereocenters. The second-order valence-electron chi connectivity index (χ2n) is 4.83. The van der Waals surface area contributed by atoms with E-state index in [9.17, 15) is 18.0 Å². The second-order valence-corrected chi connectivity index (χ2v) is 4.83. The van der Waals surface area contributed by atoms with E-state index in [1.54, 1.807) is 24.3 Å². The minimum atomic E-state index is -4.75. The maximum Gasteiger partial charge on any atom is 0.573 e. The molecule has 0 radical (unpaired) electrons. The summed E-state index contributed by atoms with van der Waals surface area (Å²) in [7, 11) is 0. The number of rotatable bonds is 5. The molecule has 4 nitrogen and oxygen atoms in total. The van der Waals surface area contributed by atoms with Crippen LogP contribution >= 0.6 is 0 Å². The molecule has 128 valence electrons. The van der Waals surface area contributed by atoms with Crippen molar-refractivity contribution in [3.8, 4) is 11.8 Å². The Kier molecular flexibility index (Phi) is 5.79. The van der Waals surface area contributed by atoms with Gasteiger partial charge in [0, 0.05) is 11.6 Å². The molecule has 0 N–H and O–H groups in total. The Labute approximate surface area is 141 Å². The molecule has 0 aliphatic rings. The predicted octanol–water partition coefficient (Wildman–Crippen LogP) is 4.21. The first-order valence-corrected chi connectivity index (χ1v) is 7.06. The highest BCUT2D eigenvalue weighted by atomic mass is 19.4. The maximum absolute atomic E-state index is 12.1. The molecule has 0 atom stereocenters. The molecular formula is C18H12F3NO3. The normalized spacial score (nSPS) is 11.1. The maximum atomic E-state index is 12.1. The van der Waals surface area contributed by atoms with Gasteiger partial charge in [-0.2, -0.15) is 5.26 Å².